The van der Waals surface area contributed by atoms with Crippen molar-refractivity contribution in [2.24, 2.45) is 0 Å². The molecule has 3 aliphatic rings. The number of morpholine rings is 1. The number of amides is 1. The summed E-state index contributed by atoms with van der Waals surface area (Å²) in [4.78, 5) is 33.5. The minimum absolute atomic E-state index is 0.0315. The highest BCUT2D eigenvalue weighted by Gasteiger charge is 2.24. The number of benzene rings is 1. The Morgan fingerprint density at radius 2 is 1.90 bits per heavy atom. The molecule has 0 bridgehead atoms. The molecule has 8 heteroatoms. The molecule has 3 fully saturated rings. The Morgan fingerprint density at radius 3 is 2.63 bits per heavy atom. The fraction of sp³-hybridized carbons (Fsp3) is 0.591. The first-order valence-electron chi connectivity index (χ1n) is 11.0. The molecule has 1 atom stereocenters. The third kappa shape index (κ3) is 3.94. The van der Waals surface area contributed by atoms with E-state index in [1.807, 2.05) is 16.7 Å². The highest BCUT2D eigenvalue weighted by molar-refractivity contribution is 5.81. The summed E-state index contributed by atoms with van der Waals surface area (Å²) < 4.78 is 7.44. The Kier molecular flexibility index (Phi) is 5.43. The molecule has 1 amide bonds. The van der Waals surface area contributed by atoms with E-state index < -0.39 is 0 Å². The summed E-state index contributed by atoms with van der Waals surface area (Å²) >= 11 is 0. The molecular weight excluding hydrogens is 382 g/mol. The molecule has 1 saturated carbocycles. The van der Waals surface area contributed by atoms with Crippen molar-refractivity contribution in [3.05, 3.63) is 34.9 Å². The summed E-state index contributed by atoms with van der Waals surface area (Å²) in [5.41, 5.74) is 1.98. The largest absolute Gasteiger partial charge is 0.369 e. The van der Waals surface area contributed by atoms with E-state index in [2.05, 4.69) is 26.2 Å². The molecule has 30 heavy (non-hydrogen) atoms. The molecule has 160 valence electrons. The predicted molar refractivity (Wildman–Crippen MR) is 115 cm³/mol. The van der Waals surface area contributed by atoms with Gasteiger partial charge in [-0.1, -0.05) is 12.8 Å². The molecule has 2 saturated heterocycles. The van der Waals surface area contributed by atoms with Crippen molar-refractivity contribution in [1.29, 1.82) is 0 Å². The molecule has 5 rings (SSSR count). The molecule has 1 aromatic carbocycles. The number of anilines is 1. The Bertz CT molecular complexity index is 966. The number of piperazine rings is 1. The first-order chi connectivity index (χ1) is 14.7. The van der Waals surface area contributed by atoms with Crippen LogP contribution in [0.25, 0.3) is 10.9 Å². The fourth-order valence-electron chi connectivity index (χ4n) is 4.89. The first-order valence-corrected chi connectivity index (χ1v) is 11.0. The van der Waals surface area contributed by atoms with Crippen LogP contribution in [-0.4, -0.2) is 72.3 Å². The topological polar surface area (TPSA) is 79.7 Å². The van der Waals surface area contributed by atoms with Gasteiger partial charge in [0.1, 0.15) is 6.61 Å². The van der Waals surface area contributed by atoms with Gasteiger partial charge in [0.25, 0.3) is 5.56 Å². The maximum atomic E-state index is 12.9. The number of hydrogen-bond acceptors (Lipinski definition) is 6. The van der Waals surface area contributed by atoms with Crippen LogP contribution < -0.4 is 15.8 Å². The second-order valence-corrected chi connectivity index (χ2v) is 8.62. The Balaban J connectivity index is 1.24. The standard InChI is InChI=1S/C22H29N5O3/c28-21-14-30-18(12-23-21)13-25-7-9-26(10-8-25)17-5-6-19-20(11-17)24-15-27(22(19)29)16-3-1-2-4-16/h5-6,11,15-16,18H,1-4,7-10,12-14H2,(H,23,28). The monoisotopic (exact) mass is 411 g/mol. The van der Waals surface area contributed by atoms with Crippen molar-refractivity contribution < 1.29 is 9.53 Å². The third-order valence-corrected chi connectivity index (χ3v) is 6.66. The number of hydrogen-bond donors (Lipinski definition) is 1. The lowest BCUT2D eigenvalue weighted by atomic mass is 10.1. The number of carbonyl (C=O) groups excluding carboxylic acids is 1. The lowest BCUT2D eigenvalue weighted by Gasteiger charge is -2.38. The fourth-order valence-corrected chi connectivity index (χ4v) is 4.89. The number of aromatic nitrogens is 2. The van der Waals surface area contributed by atoms with Crippen molar-refractivity contribution in [3.63, 3.8) is 0 Å². The molecule has 1 aromatic heterocycles. The first kappa shape index (κ1) is 19.5. The third-order valence-electron chi connectivity index (χ3n) is 6.66. The van der Waals surface area contributed by atoms with Gasteiger partial charge >= 0.3 is 0 Å². The average Bonchev–Trinajstić information content (AvgIpc) is 3.31. The number of nitrogens with zero attached hydrogens (tertiary/aromatic N) is 4. The van der Waals surface area contributed by atoms with E-state index in [1.165, 1.54) is 12.8 Å². The zero-order valence-corrected chi connectivity index (χ0v) is 17.3. The van der Waals surface area contributed by atoms with E-state index in [9.17, 15) is 9.59 Å². The van der Waals surface area contributed by atoms with Crippen molar-refractivity contribution in [3.8, 4) is 0 Å². The van der Waals surface area contributed by atoms with Crippen LogP contribution >= 0.6 is 0 Å². The van der Waals surface area contributed by atoms with Crippen LogP contribution in [0.2, 0.25) is 0 Å². The molecule has 3 heterocycles. The smallest absolute Gasteiger partial charge is 0.261 e. The molecule has 2 aromatic rings. The zero-order chi connectivity index (χ0) is 20.5. The zero-order valence-electron chi connectivity index (χ0n) is 17.3. The van der Waals surface area contributed by atoms with Gasteiger partial charge in [0, 0.05) is 51.0 Å². The summed E-state index contributed by atoms with van der Waals surface area (Å²) in [6.45, 7) is 5.33. The van der Waals surface area contributed by atoms with Gasteiger partial charge in [-0.15, -0.1) is 0 Å². The van der Waals surface area contributed by atoms with Crippen LogP contribution in [0.1, 0.15) is 31.7 Å². The molecule has 1 aliphatic carbocycles. The maximum Gasteiger partial charge on any atom is 0.261 e. The predicted octanol–water partition coefficient (Wildman–Crippen LogP) is 1.15. The minimum atomic E-state index is -0.0315. The second kappa shape index (κ2) is 8.35. The Labute approximate surface area is 175 Å². The number of nitrogens with one attached hydrogen (secondary N) is 1. The van der Waals surface area contributed by atoms with Crippen LogP contribution in [0.4, 0.5) is 5.69 Å². The van der Waals surface area contributed by atoms with E-state index in [0.29, 0.717) is 18.0 Å². The number of fused-ring (bicyclic) bond motifs is 1. The summed E-state index contributed by atoms with van der Waals surface area (Å²) in [5.74, 6) is -0.0315. The molecule has 0 spiro atoms. The lowest BCUT2D eigenvalue weighted by molar-refractivity contribution is -0.133. The maximum absolute atomic E-state index is 12.9. The van der Waals surface area contributed by atoms with E-state index in [4.69, 9.17) is 4.74 Å². The van der Waals surface area contributed by atoms with E-state index in [1.54, 1.807) is 6.33 Å². The van der Waals surface area contributed by atoms with Gasteiger partial charge in [-0.25, -0.2) is 4.98 Å². The van der Waals surface area contributed by atoms with Gasteiger partial charge in [-0.05, 0) is 31.0 Å². The van der Waals surface area contributed by atoms with Gasteiger partial charge < -0.3 is 15.0 Å². The molecule has 2 aliphatic heterocycles. The van der Waals surface area contributed by atoms with Crippen molar-refractivity contribution in [2.45, 2.75) is 37.8 Å². The summed E-state index contributed by atoms with van der Waals surface area (Å²) in [6.07, 6.45) is 6.36. The van der Waals surface area contributed by atoms with Crippen molar-refractivity contribution >= 4 is 22.5 Å². The van der Waals surface area contributed by atoms with Gasteiger partial charge in [0.2, 0.25) is 5.91 Å². The Morgan fingerprint density at radius 1 is 1.10 bits per heavy atom. The lowest BCUT2D eigenvalue weighted by Crippen LogP contribution is -2.52. The Hall–Kier alpha value is -2.45. The number of ether oxygens (including phenoxy) is 1. The summed E-state index contributed by atoms with van der Waals surface area (Å²) in [7, 11) is 0. The van der Waals surface area contributed by atoms with Crippen LogP contribution in [-0.2, 0) is 9.53 Å². The van der Waals surface area contributed by atoms with Crippen molar-refractivity contribution in [2.75, 3.05) is 50.8 Å². The quantitative estimate of drug-likeness (QED) is 0.813. The van der Waals surface area contributed by atoms with E-state index >= 15 is 0 Å². The molecular formula is C22H29N5O3. The van der Waals surface area contributed by atoms with Crippen LogP contribution in [0.5, 0.6) is 0 Å². The molecule has 8 nitrogen and oxygen atoms in total. The molecule has 1 N–H and O–H groups in total. The van der Waals surface area contributed by atoms with Gasteiger partial charge in [-0.2, -0.15) is 0 Å². The number of carbonyl (C=O) groups is 1. The van der Waals surface area contributed by atoms with Crippen LogP contribution in [0.3, 0.4) is 0 Å². The second-order valence-electron chi connectivity index (χ2n) is 8.62. The van der Waals surface area contributed by atoms with Crippen molar-refractivity contribution in [1.82, 2.24) is 19.8 Å². The highest BCUT2D eigenvalue weighted by atomic mass is 16.5. The van der Waals surface area contributed by atoms with Gasteiger partial charge in [0.05, 0.1) is 23.3 Å². The normalized spacial score (nSPS) is 23.8. The van der Waals surface area contributed by atoms with Gasteiger partial charge in [-0.3, -0.25) is 19.1 Å². The highest BCUT2D eigenvalue weighted by Crippen LogP contribution is 2.28. The SMILES string of the molecule is O=C1COC(CN2CCN(c3ccc4c(=O)n(C5CCCC5)cnc4c3)CC2)CN1. The van der Waals surface area contributed by atoms with Gasteiger partial charge in [0.15, 0.2) is 0 Å². The number of rotatable bonds is 4. The molecule has 1 unspecified atom stereocenters. The van der Waals surface area contributed by atoms with E-state index in [-0.39, 0.29) is 24.2 Å². The van der Waals surface area contributed by atoms with E-state index in [0.717, 1.165) is 56.8 Å². The van der Waals surface area contributed by atoms with Crippen LogP contribution in [0.15, 0.2) is 29.3 Å². The average molecular weight is 412 g/mol. The summed E-state index contributed by atoms with van der Waals surface area (Å²) in [5, 5.41) is 3.58. The molecule has 0 radical (unpaired) electrons. The minimum Gasteiger partial charge on any atom is -0.369 e. The summed E-state index contributed by atoms with van der Waals surface area (Å²) in [6, 6.07) is 6.35. The van der Waals surface area contributed by atoms with Crippen LogP contribution in [0, 0.1) is 0 Å².